The lowest BCUT2D eigenvalue weighted by Crippen LogP contribution is -2.44. The summed E-state index contributed by atoms with van der Waals surface area (Å²) in [7, 11) is 2.22. The Morgan fingerprint density at radius 2 is 1.47 bits per heavy atom. The van der Waals surface area contributed by atoms with Crippen LogP contribution in [-0.4, -0.2) is 49.6 Å². The molecule has 0 N–H and O–H groups in total. The maximum absolute atomic E-state index is 3.87. The Bertz CT molecular complexity index is 139. The van der Waals surface area contributed by atoms with Crippen LogP contribution in [0.4, 0.5) is 0 Å². The Morgan fingerprint density at radius 1 is 0.867 bits per heavy atom. The van der Waals surface area contributed by atoms with Crippen molar-refractivity contribution < 1.29 is 0 Å². The quantitative estimate of drug-likeness (QED) is 0.597. The SMILES string of the molecule is [CH2]CCCCCCCN1CCN(C)CC1. The molecule has 0 aromatic heterocycles. The van der Waals surface area contributed by atoms with Gasteiger partial charge in [0.15, 0.2) is 0 Å². The van der Waals surface area contributed by atoms with Crippen LogP contribution in [-0.2, 0) is 0 Å². The van der Waals surface area contributed by atoms with Gasteiger partial charge in [-0.3, -0.25) is 0 Å². The van der Waals surface area contributed by atoms with Gasteiger partial charge in [0.25, 0.3) is 0 Å². The molecule has 0 amide bonds. The molecule has 0 unspecified atom stereocenters. The molecule has 2 heteroatoms. The predicted molar refractivity (Wildman–Crippen MR) is 67.0 cm³/mol. The van der Waals surface area contributed by atoms with Gasteiger partial charge >= 0.3 is 0 Å². The van der Waals surface area contributed by atoms with Crippen LogP contribution in [0.15, 0.2) is 0 Å². The molecule has 0 bridgehead atoms. The van der Waals surface area contributed by atoms with E-state index in [2.05, 4.69) is 23.8 Å². The fourth-order valence-corrected chi connectivity index (χ4v) is 2.11. The van der Waals surface area contributed by atoms with Crippen LogP contribution in [0.5, 0.6) is 0 Å². The van der Waals surface area contributed by atoms with E-state index in [-0.39, 0.29) is 0 Å². The van der Waals surface area contributed by atoms with Crippen LogP contribution in [0.2, 0.25) is 0 Å². The number of nitrogens with zero attached hydrogens (tertiary/aromatic N) is 2. The van der Waals surface area contributed by atoms with Crippen LogP contribution in [0.3, 0.4) is 0 Å². The number of rotatable bonds is 7. The van der Waals surface area contributed by atoms with Crippen molar-refractivity contribution in [2.75, 3.05) is 39.8 Å². The molecule has 1 heterocycles. The molecule has 1 fully saturated rings. The zero-order chi connectivity index (χ0) is 10.9. The summed E-state index contributed by atoms with van der Waals surface area (Å²) in [6.07, 6.45) is 8.01. The van der Waals surface area contributed by atoms with Crippen LogP contribution >= 0.6 is 0 Å². The predicted octanol–water partition coefficient (Wildman–Crippen LogP) is 2.41. The molecule has 1 aliphatic rings. The third-order valence-corrected chi connectivity index (χ3v) is 3.32. The topological polar surface area (TPSA) is 6.48 Å². The van der Waals surface area contributed by atoms with E-state index in [1.807, 2.05) is 0 Å². The molecule has 1 radical (unpaired) electrons. The molecule has 1 rings (SSSR count). The van der Waals surface area contributed by atoms with E-state index >= 15 is 0 Å². The van der Waals surface area contributed by atoms with Crippen molar-refractivity contribution in [3.05, 3.63) is 6.92 Å². The van der Waals surface area contributed by atoms with Gasteiger partial charge in [-0.15, -0.1) is 0 Å². The zero-order valence-corrected chi connectivity index (χ0v) is 10.4. The van der Waals surface area contributed by atoms with Gasteiger partial charge < -0.3 is 9.80 Å². The summed E-state index contributed by atoms with van der Waals surface area (Å²) in [4.78, 5) is 5.03. The Morgan fingerprint density at radius 3 is 2.13 bits per heavy atom. The highest BCUT2D eigenvalue weighted by molar-refractivity contribution is 4.68. The molecule has 15 heavy (non-hydrogen) atoms. The first-order valence-electron chi connectivity index (χ1n) is 6.53. The first-order chi connectivity index (χ1) is 7.33. The van der Waals surface area contributed by atoms with E-state index in [9.17, 15) is 0 Å². The zero-order valence-electron chi connectivity index (χ0n) is 10.4. The average Bonchev–Trinajstić information content (AvgIpc) is 2.26. The molecule has 0 spiro atoms. The molecule has 0 atom stereocenters. The van der Waals surface area contributed by atoms with Gasteiger partial charge in [-0.1, -0.05) is 39.0 Å². The summed E-state index contributed by atoms with van der Waals surface area (Å²) >= 11 is 0. The summed E-state index contributed by atoms with van der Waals surface area (Å²) < 4.78 is 0. The molecular weight excluding hydrogens is 184 g/mol. The molecule has 0 aliphatic carbocycles. The highest BCUT2D eigenvalue weighted by Crippen LogP contribution is 2.07. The lowest BCUT2D eigenvalue weighted by molar-refractivity contribution is 0.152. The second-order valence-electron chi connectivity index (χ2n) is 4.77. The van der Waals surface area contributed by atoms with Crippen molar-refractivity contribution in [3.8, 4) is 0 Å². The maximum Gasteiger partial charge on any atom is 0.0110 e. The number of hydrogen-bond acceptors (Lipinski definition) is 2. The van der Waals surface area contributed by atoms with Crippen LogP contribution in [0.25, 0.3) is 0 Å². The van der Waals surface area contributed by atoms with E-state index in [4.69, 9.17) is 0 Å². The van der Waals surface area contributed by atoms with Gasteiger partial charge in [0, 0.05) is 26.2 Å². The standard InChI is InChI=1S/C13H27N2/c1-3-4-5-6-7-8-9-15-12-10-14(2)11-13-15/h1,3-13H2,2H3. The van der Waals surface area contributed by atoms with Crippen molar-refractivity contribution >= 4 is 0 Å². The molecule has 1 aliphatic heterocycles. The minimum Gasteiger partial charge on any atom is -0.304 e. The Kier molecular flexibility index (Phi) is 7.03. The summed E-state index contributed by atoms with van der Waals surface area (Å²) in [5.41, 5.74) is 0. The fourth-order valence-electron chi connectivity index (χ4n) is 2.11. The van der Waals surface area contributed by atoms with Gasteiger partial charge in [-0.2, -0.15) is 0 Å². The maximum atomic E-state index is 3.87. The van der Waals surface area contributed by atoms with E-state index < -0.39 is 0 Å². The number of unbranched alkanes of at least 4 members (excludes halogenated alkanes) is 5. The first kappa shape index (κ1) is 13.0. The Balaban J connectivity index is 1.87. The highest BCUT2D eigenvalue weighted by atomic mass is 15.2. The summed E-state index contributed by atoms with van der Waals surface area (Å²) in [6, 6.07) is 0. The largest absolute Gasteiger partial charge is 0.304 e. The van der Waals surface area contributed by atoms with Crippen LogP contribution < -0.4 is 0 Å². The first-order valence-corrected chi connectivity index (χ1v) is 6.53. The van der Waals surface area contributed by atoms with Gasteiger partial charge in [0.2, 0.25) is 0 Å². The minimum absolute atomic E-state index is 1.11. The Labute approximate surface area is 95.6 Å². The van der Waals surface area contributed by atoms with Crippen LogP contribution in [0, 0.1) is 6.92 Å². The molecule has 0 aromatic rings. The number of hydrogen-bond donors (Lipinski definition) is 0. The minimum atomic E-state index is 1.11. The van der Waals surface area contributed by atoms with E-state index in [1.54, 1.807) is 0 Å². The van der Waals surface area contributed by atoms with Crippen molar-refractivity contribution in [3.63, 3.8) is 0 Å². The smallest absolute Gasteiger partial charge is 0.0110 e. The normalized spacial score (nSPS) is 19.6. The molecular formula is C13H27N2. The molecule has 0 saturated carbocycles. The van der Waals surface area contributed by atoms with Crippen molar-refractivity contribution in [1.82, 2.24) is 9.80 Å². The summed E-state index contributed by atoms with van der Waals surface area (Å²) in [5, 5.41) is 0. The second-order valence-corrected chi connectivity index (χ2v) is 4.77. The Hall–Kier alpha value is -0.0800. The van der Waals surface area contributed by atoms with Gasteiger partial charge in [0.1, 0.15) is 0 Å². The van der Waals surface area contributed by atoms with Crippen LogP contribution in [0.1, 0.15) is 38.5 Å². The third kappa shape index (κ3) is 6.16. The summed E-state index contributed by atoms with van der Waals surface area (Å²) in [5.74, 6) is 0. The molecule has 1 saturated heterocycles. The number of piperazine rings is 1. The average molecular weight is 211 g/mol. The molecule has 2 nitrogen and oxygen atoms in total. The van der Waals surface area contributed by atoms with E-state index in [0.29, 0.717) is 0 Å². The lowest BCUT2D eigenvalue weighted by Gasteiger charge is -2.32. The second kappa shape index (κ2) is 8.12. The van der Waals surface area contributed by atoms with Gasteiger partial charge in [-0.25, -0.2) is 0 Å². The van der Waals surface area contributed by atoms with Gasteiger partial charge in [-0.05, 0) is 20.0 Å². The van der Waals surface area contributed by atoms with Gasteiger partial charge in [0.05, 0.1) is 0 Å². The number of likely N-dealkylation sites (N-methyl/N-ethyl adjacent to an activating group) is 1. The van der Waals surface area contributed by atoms with E-state index in [0.717, 1.165) is 6.42 Å². The monoisotopic (exact) mass is 211 g/mol. The van der Waals surface area contributed by atoms with Crippen molar-refractivity contribution in [2.24, 2.45) is 0 Å². The summed E-state index contributed by atoms with van der Waals surface area (Å²) in [6.45, 7) is 10.2. The highest BCUT2D eigenvalue weighted by Gasteiger charge is 2.12. The molecule has 0 aromatic carbocycles. The van der Waals surface area contributed by atoms with Crippen molar-refractivity contribution in [1.29, 1.82) is 0 Å². The van der Waals surface area contributed by atoms with E-state index in [1.165, 1.54) is 64.8 Å². The fraction of sp³-hybridized carbons (Fsp3) is 0.923. The third-order valence-electron chi connectivity index (χ3n) is 3.32. The molecule has 89 valence electrons. The van der Waals surface area contributed by atoms with Crippen molar-refractivity contribution in [2.45, 2.75) is 38.5 Å². The lowest BCUT2D eigenvalue weighted by atomic mass is 10.1.